The minimum absolute atomic E-state index is 0.000613. The number of ether oxygens (including phenoxy) is 2. The molecule has 7 heteroatoms. The van der Waals surface area contributed by atoms with Gasteiger partial charge in [-0.3, -0.25) is 9.59 Å². The summed E-state index contributed by atoms with van der Waals surface area (Å²) in [4.78, 5) is 36.1. The first-order chi connectivity index (χ1) is 11.7. The molecule has 1 atom stereocenters. The number of carbonyl (C=O) groups excluding carboxylic acids is 3. The first-order valence-electron chi connectivity index (χ1n) is 8.04. The van der Waals surface area contributed by atoms with Gasteiger partial charge in [0.2, 0.25) is 0 Å². The van der Waals surface area contributed by atoms with Crippen LogP contribution in [0, 0.1) is 0 Å². The van der Waals surface area contributed by atoms with Gasteiger partial charge in [0, 0.05) is 24.7 Å². The quantitative estimate of drug-likeness (QED) is 0.732. The van der Waals surface area contributed by atoms with E-state index in [1.54, 1.807) is 52.1 Å². The van der Waals surface area contributed by atoms with Gasteiger partial charge in [0.25, 0.3) is 5.91 Å². The van der Waals surface area contributed by atoms with Gasteiger partial charge in [0.05, 0.1) is 7.11 Å². The van der Waals surface area contributed by atoms with Gasteiger partial charge in [0.15, 0.2) is 0 Å². The summed E-state index contributed by atoms with van der Waals surface area (Å²) in [6.45, 7) is 5.21. The fourth-order valence-corrected chi connectivity index (χ4v) is 2.02. The van der Waals surface area contributed by atoms with Crippen LogP contribution in [-0.2, 0) is 19.1 Å². The van der Waals surface area contributed by atoms with Crippen molar-refractivity contribution in [3.63, 3.8) is 0 Å². The summed E-state index contributed by atoms with van der Waals surface area (Å²) < 4.78 is 9.91. The molecule has 0 saturated heterocycles. The summed E-state index contributed by atoms with van der Waals surface area (Å²) in [5.41, 5.74) is 0.580. The van der Waals surface area contributed by atoms with Crippen molar-refractivity contribution < 1.29 is 23.9 Å². The van der Waals surface area contributed by atoms with Crippen LogP contribution in [0.4, 0.5) is 5.69 Å². The molecule has 0 aliphatic heterocycles. The predicted molar refractivity (Wildman–Crippen MR) is 94.3 cm³/mol. The van der Waals surface area contributed by atoms with Crippen LogP contribution in [0.5, 0.6) is 0 Å². The third kappa shape index (κ3) is 7.24. The van der Waals surface area contributed by atoms with E-state index in [0.29, 0.717) is 5.56 Å². The molecule has 0 radical (unpaired) electrons. The molecule has 0 aromatic heterocycles. The molecule has 0 unspecified atom stereocenters. The molecule has 0 saturated carbocycles. The number of methoxy groups -OCH3 is 1. The number of hydrogen-bond donors (Lipinski definition) is 2. The van der Waals surface area contributed by atoms with Crippen LogP contribution in [0.25, 0.3) is 0 Å². The van der Waals surface area contributed by atoms with Crippen molar-refractivity contribution in [2.24, 2.45) is 0 Å². The summed E-state index contributed by atoms with van der Waals surface area (Å²) >= 11 is 0. The van der Waals surface area contributed by atoms with Gasteiger partial charge in [-0.2, -0.15) is 0 Å². The summed E-state index contributed by atoms with van der Waals surface area (Å²) in [6.07, 6.45) is 0.0985. The lowest BCUT2D eigenvalue weighted by atomic mass is 10.1. The number of esters is 2. The first-order valence-corrected chi connectivity index (χ1v) is 8.04. The van der Waals surface area contributed by atoms with E-state index in [1.165, 1.54) is 7.11 Å². The number of rotatable bonds is 7. The van der Waals surface area contributed by atoms with Gasteiger partial charge in [-0.1, -0.05) is 0 Å². The lowest BCUT2D eigenvalue weighted by Crippen LogP contribution is -2.44. The summed E-state index contributed by atoms with van der Waals surface area (Å²) in [5.74, 6) is -1.46. The zero-order chi connectivity index (χ0) is 19.0. The van der Waals surface area contributed by atoms with Crippen molar-refractivity contribution in [3.8, 4) is 0 Å². The molecule has 1 amide bonds. The molecule has 0 spiro atoms. The molecule has 0 aliphatic rings. The average molecular weight is 350 g/mol. The highest BCUT2D eigenvalue weighted by Gasteiger charge is 2.27. The summed E-state index contributed by atoms with van der Waals surface area (Å²) in [5, 5.41) is 5.59. The van der Waals surface area contributed by atoms with E-state index in [-0.39, 0.29) is 12.8 Å². The fourth-order valence-electron chi connectivity index (χ4n) is 2.02. The summed E-state index contributed by atoms with van der Waals surface area (Å²) in [7, 11) is 3.05. The second-order valence-corrected chi connectivity index (χ2v) is 6.50. The van der Waals surface area contributed by atoms with Crippen LogP contribution in [-0.4, -0.2) is 43.6 Å². The van der Waals surface area contributed by atoms with Gasteiger partial charge in [-0.05, 0) is 51.5 Å². The van der Waals surface area contributed by atoms with Gasteiger partial charge in [-0.25, -0.2) is 4.79 Å². The Kier molecular flexibility index (Phi) is 7.42. The number of nitrogens with one attached hydrogen (secondary N) is 2. The number of amides is 1. The molecule has 0 aliphatic carbocycles. The number of benzene rings is 1. The molecule has 7 nitrogen and oxygen atoms in total. The van der Waals surface area contributed by atoms with Crippen molar-refractivity contribution in [1.82, 2.24) is 5.32 Å². The maximum Gasteiger partial charge on any atom is 0.329 e. The molecule has 1 aromatic carbocycles. The van der Waals surface area contributed by atoms with Crippen molar-refractivity contribution >= 4 is 23.5 Å². The molecule has 25 heavy (non-hydrogen) atoms. The Morgan fingerprint density at radius 1 is 1.12 bits per heavy atom. The van der Waals surface area contributed by atoms with Gasteiger partial charge < -0.3 is 20.1 Å². The predicted octanol–water partition coefficient (Wildman–Crippen LogP) is 2.12. The van der Waals surface area contributed by atoms with E-state index in [0.717, 1.165) is 5.69 Å². The molecule has 1 aromatic rings. The Labute approximate surface area is 148 Å². The summed E-state index contributed by atoms with van der Waals surface area (Å²) in [6, 6.07) is 5.87. The fraction of sp³-hybridized carbons (Fsp3) is 0.500. The second kappa shape index (κ2) is 9.05. The lowest BCUT2D eigenvalue weighted by Gasteiger charge is -2.24. The highest BCUT2D eigenvalue weighted by atomic mass is 16.6. The third-order valence-electron chi connectivity index (χ3n) is 3.30. The third-order valence-corrected chi connectivity index (χ3v) is 3.30. The zero-order valence-electron chi connectivity index (χ0n) is 15.3. The monoisotopic (exact) mass is 350 g/mol. The zero-order valence-corrected chi connectivity index (χ0v) is 15.3. The van der Waals surface area contributed by atoms with E-state index in [2.05, 4.69) is 15.4 Å². The molecular weight excluding hydrogens is 324 g/mol. The Morgan fingerprint density at radius 3 is 2.20 bits per heavy atom. The Balaban J connectivity index is 2.84. The SMILES string of the molecule is CNc1ccc(C(=O)N[C@@H](CCC(=O)OC)C(=O)OC(C)(C)C)cc1. The van der Waals surface area contributed by atoms with E-state index < -0.39 is 29.5 Å². The van der Waals surface area contributed by atoms with E-state index >= 15 is 0 Å². The number of anilines is 1. The smallest absolute Gasteiger partial charge is 0.329 e. The van der Waals surface area contributed by atoms with Crippen LogP contribution in [0.2, 0.25) is 0 Å². The van der Waals surface area contributed by atoms with Gasteiger partial charge >= 0.3 is 11.9 Å². The van der Waals surface area contributed by atoms with Crippen molar-refractivity contribution in [3.05, 3.63) is 29.8 Å². The number of carbonyl (C=O) groups is 3. The van der Waals surface area contributed by atoms with Crippen molar-refractivity contribution in [1.29, 1.82) is 0 Å². The molecule has 0 bridgehead atoms. The molecule has 0 fully saturated rings. The van der Waals surface area contributed by atoms with Gasteiger partial charge in [-0.15, -0.1) is 0 Å². The van der Waals surface area contributed by atoms with E-state index in [1.807, 2.05) is 0 Å². The molecular formula is C18H26N2O5. The molecule has 2 N–H and O–H groups in total. The molecule has 0 heterocycles. The first kappa shape index (κ1) is 20.5. The number of hydrogen-bond acceptors (Lipinski definition) is 6. The maximum atomic E-state index is 12.4. The second-order valence-electron chi connectivity index (χ2n) is 6.50. The van der Waals surface area contributed by atoms with Crippen LogP contribution in [0.3, 0.4) is 0 Å². The Bertz CT molecular complexity index is 605. The van der Waals surface area contributed by atoms with Crippen LogP contribution in [0.1, 0.15) is 44.0 Å². The van der Waals surface area contributed by atoms with Crippen LogP contribution < -0.4 is 10.6 Å². The van der Waals surface area contributed by atoms with Gasteiger partial charge in [0.1, 0.15) is 11.6 Å². The lowest BCUT2D eigenvalue weighted by molar-refractivity contribution is -0.157. The van der Waals surface area contributed by atoms with Crippen molar-refractivity contribution in [2.75, 3.05) is 19.5 Å². The van der Waals surface area contributed by atoms with Crippen molar-refractivity contribution in [2.45, 2.75) is 45.3 Å². The van der Waals surface area contributed by atoms with Crippen LogP contribution >= 0.6 is 0 Å². The normalized spacial score (nSPS) is 12.0. The minimum Gasteiger partial charge on any atom is -0.469 e. The molecule has 138 valence electrons. The highest BCUT2D eigenvalue weighted by Crippen LogP contribution is 2.13. The maximum absolute atomic E-state index is 12.4. The Morgan fingerprint density at radius 2 is 1.72 bits per heavy atom. The topological polar surface area (TPSA) is 93.7 Å². The molecule has 1 rings (SSSR count). The average Bonchev–Trinajstić information content (AvgIpc) is 2.56. The van der Waals surface area contributed by atoms with E-state index in [9.17, 15) is 14.4 Å². The largest absolute Gasteiger partial charge is 0.469 e. The minimum atomic E-state index is -0.935. The standard InChI is InChI=1S/C18H26N2O5/c1-18(2,3)25-17(23)14(10-11-15(21)24-5)20-16(22)12-6-8-13(19-4)9-7-12/h6-9,14,19H,10-11H2,1-5H3,(H,20,22)/t14-/m0/s1. The van der Waals surface area contributed by atoms with E-state index in [4.69, 9.17) is 4.74 Å². The Hall–Kier alpha value is -2.57. The highest BCUT2D eigenvalue weighted by molar-refractivity contribution is 5.97. The van der Waals surface area contributed by atoms with Crippen LogP contribution in [0.15, 0.2) is 24.3 Å².